The number of hydrogen-bond donors (Lipinski definition) is 0. The predicted octanol–water partition coefficient (Wildman–Crippen LogP) is 2.98. The van der Waals surface area contributed by atoms with Gasteiger partial charge < -0.3 is 9.64 Å². The van der Waals surface area contributed by atoms with Gasteiger partial charge in [-0.3, -0.25) is 9.78 Å². The van der Waals surface area contributed by atoms with Crippen molar-refractivity contribution in [2.75, 3.05) is 14.2 Å². The second-order valence-electron chi connectivity index (χ2n) is 6.05. The third kappa shape index (κ3) is 2.95. The Balaban J connectivity index is 1.67. The van der Waals surface area contributed by atoms with Crippen LogP contribution in [0.15, 0.2) is 42.7 Å². The molecule has 1 fully saturated rings. The third-order valence-corrected chi connectivity index (χ3v) is 4.72. The van der Waals surface area contributed by atoms with Crippen molar-refractivity contribution in [2.24, 2.45) is 0 Å². The van der Waals surface area contributed by atoms with Crippen molar-refractivity contribution in [1.82, 2.24) is 9.88 Å². The number of hydrogen-bond acceptors (Lipinski definition) is 4. The second-order valence-corrected chi connectivity index (χ2v) is 6.05. The molecule has 0 aliphatic heterocycles. The zero-order valence-electron chi connectivity index (χ0n) is 13.8. The molecule has 0 spiro atoms. The highest BCUT2D eigenvalue weighted by Crippen LogP contribution is 2.40. The van der Waals surface area contributed by atoms with Crippen molar-refractivity contribution in [1.29, 1.82) is 5.26 Å². The van der Waals surface area contributed by atoms with Gasteiger partial charge in [0.25, 0.3) is 5.91 Å². The second kappa shape index (κ2) is 6.71. The van der Waals surface area contributed by atoms with Gasteiger partial charge >= 0.3 is 0 Å². The van der Waals surface area contributed by atoms with Crippen LogP contribution < -0.4 is 4.74 Å². The largest absolute Gasteiger partial charge is 0.497 e. The Labute approximate surface area is 141 Å². The van der Waals surface area contributed by atoms with Crippen LogP contribution in [0.5, 0.6) is 5.75 Å². The van der Waals surface area contributed by atoms with Gasteiger partial charge in [0, 0.05) is 25.5 Å². The fourth-order valence-corrected chi connectivity index (χ4v) is 3.09. The van der Waals surface area contributed by atoms with Crippen molar-refractivity contribution in [3.8, 4) is 11.8 Å². The standard InChI is InChI=1S/C19H19N3O2/c1-22(19(23)18-12-21-7-6-14(18)11-20)16-8-15(9-16)13-4-3-5-17(10-13)24-2/h3-7,10,12,15-16H,8-9H2,1-2H3. The van der Waals surface area contributed by atoms with Crippen LogP contribution in [0.3, 0.4) is 0 Å². The van der Waals surface area contributed by atoms with Crippen LogP contribution in [-0.2, 0) is 0 Å². The number of aromatic nitrogens is 1. The molecule has 1 aromatic heterocycles. The predicted molar refractivity (Wildman–Crippen MR) is 89.8 cm³/mol. The van der Waals surface area contributed by atoms with Crippen LogP contribution in [-0.4, -0.2) is 36.0 Å². The monoisotopic (exact) mass is 321 g/mol. The smallest absolute Gasteiger partial charge is 0.256 e. The molecule has 5 nitrogen and oxygen atoms in total. The minimum atomic E-state index is -0.145. The van der Waals surface area contributed by atoms with Crippen LogP contribution in [0.4, 0.5) is 0 Å². The summed E-state index contributed by atoms with van der Waals surface area (Å²) >= 11 is 0. The molecule has 5 heteroatoms. The van der Waals surface area contributed by atoms with Crippen molar-refractivity contribution >= 4 is 5.91 Å². The van der Waals surface area contributed by atoms with E-state index in [0.29, 0.717) is 17.0 Å². The van der Waals surface area contributed by atoms with Crippen LogP contribution in [0, 0.1) is 11.3 Å². The highest BCUT2D eigenvalue weighted by Gasteiger charge is 2.35. The van der Waals surface area contributed by atoms with Crippen molar-refractivity contribution in [3.63, 3.8) is 0 Å². The zero-order chi connectivity index (χ0) is 17.1. The van der Waals surface area contributed by atoms with Gasteiger partial charge in [0.2, 0.25) is 0 Å². The van der Waals surface area contributed by atoms with Gasteiger partial charge in [-0.1, -0.05) is 12.1 Å². The lowest BCUT2D eigenvalue weighted by Gasteiger charge is -2.41. The maximum atomic E-state index is 12.6. The van der Waals surface area contributed by atoms with Gasteiger partial charge in [-0.25, -0.2) is 0 Å². The van der Waals surface area contributed by atoms with E-state index in [9.17, 15) is 4.79 Å². The summed E-state index contributed by atoms with van der Waals surface area (Å²) in [5, 5.41) is 9.14. The molecule has 0 N–H and O–H groups in total. The molecule has 0 atom stereocenters. The van der Waals surface area contributed by atoms with Gasteiger partial charge in [0.15, 0.2) is 0 Å². The summed E-state index contributed by atoms with van der Waals surface area (Å²) in [7, 11) is 3.46. The van der Waals surface area contributed by atoms with E-state index in [2.05, 4.69) is 23.2 Å². The highest BCUT2D eigenvalue weighted by molar-refractivity contribution is 5.96. The first-order valence-corrected chi connectivity index (χ1v) is 7.89. The van der Waals surface area contributed by atoms with E-state index in [1.54, 1.807) is 25.1 Å². The van der Waals surface area contributed by atoms with E-state index in [-0.39, 0.29) is 11.9 Å². The van der Waals surface area contributed by atoms with E-state index >= 15 is 0 Å². The fraction of sp³-hybridized carbons (Fsp3) is 0.316. The zero-order valence-corrected chi connectivity index (χ0v) is 13.8. The molecule has 1 saturated carbocycles. The lowest BCUT2D eigenvalue weighted by Crippen LogP contribution is -2.44. The fourth-order valence-electron chi connectivity index (χ4n) is 3.09. The van der Waals surface area contributed by atoms with Gasteiger partial charge in [-0.2, -0.15) is 5.26 Å². The lowest BCUT2D eigenvalue weighted by molar-refractivity contribution is 0.0619. The summed E-state index contributed by atoms with van der Waals surface area (Å²) < 4.78 is 5.27. The number of carbonyl (C=O) groups is 1. The maximum Gasteiger partial charge on any atom is 0.256 e. The number of pyridine rings is 1. The number of rotatable bonds is 4. The van der Waals surface area contributed by atoms with Crippen molar-refractivity contribution in [3.05, 3.63) is 59.4 Å². The molecule has 1 heterocycles. The summed E-state index contributed by atoms with van der Waals surface area (Å²) in [6.07, 6.45) is 4.82. The van der Waals surface area contributed by atoms with E-state index in [1.807, 2.05) is 12.1 Å². The Morgan fingerprint density at radius 1 is 1.38 bits per heavy atom. The molecular weight excluding hydrogens is 302 g/mol. The van der Waals surface area contributed by atoms with Gasteiger partial charge in [-0.05, 0) is 42.5 Å². The number of ether oxygens (including phenoxy) is 1. The first-order chi connectivity index (χ1) is 11.6. The molecule has 122 valence electrons. The van der Waals surface area contributed by atoms with Gasteiger partial charge in [0.05, 0.1) is 18.2 Å². The normalized spacial score (nSPS) is 19.0. The highest BCUT2D eigenvalue weighted by atomic mass is 16.5. The Kier molecular flexibility index (Phi) is 4.48. The summed E-state index contributed by atoms with van der Waals surface area (Å²) in [6, 6.07) is 11.9. The molecule has 0 bridgehead atoms. The summed E-state index contributed by atoms with van der Waals surface area (Å²) in [6.45, 7) is 0. The van der Waals surface area contributed by atoms with E-state index in [0.717, 1.165) is 18.6 Å². The van der Waals surface area contributed by atoms with Crippen LogP contribution in [0.1, 0.15) is 40.2 Å². The first kappa shape index (κ1) is 16.0. The number of carbonyl (C=O) groups excluding carboxylic acids is 1. The molecular formula is C19H19N3O2. The van der Waals surface area contributed by atoms with Crippen LogP contribution in [0.25, 0.3) is 0 Å². The molecule has 1 aromatic carbocycles. The molecule has 24 heavy (non-hydrogen) atoms. The number of nitrogens with zero attached hydrogens (tertiary/aromatic N) is 3. The SMILES string of the molecule is COc1cccc(C2CC(N(C)C(=O)c3cnccc3C#N)C2)c1. The topological polar surface area (TPSA) is 66.2 Å². The summed E-state index contributed by atoms with van der Waals surface area (Å²) in [5.74, 6) is 1.15. The minimum Gasteiger partial charge on any atom is -0.497 e. The number of benzene rings is 1. The number of nitriles is 1. The Hall–Kier alpha value is -2.87. The number of amides is 1. The van der Waals surface area contributed by atoms with E-state index in [4.69, 9.17) is 10.00 Å². The van der Waals surface area contributed by atoms with Crippen molar-refractivity contribution in [2.45, 2.75) is 24.8 Å². The molecule has 3 rings (SSSR count). The Bertz CT molecular complexity index is 791. The average molecular weight is 321 g/mol. The minimum absolute atomic E-state index is 0.145. The van der Waals surface area contributed by atoms with E-state index in [1.165, 1.54) is 18.0 Å². The first-order valence-electron chi connectivity index (χ1n) is 7.89. The molecule has 0 unspecified atom stereocenters. The van der Waals surface area contributed by atoms with Crippen LogP contribution in [0.2, 0.25) is 0 Å². The molecule has 1 amide bonds. The quantitative estimate of drug-likeness (QED) is 0.868. The molecule has 1 aliphatic carbocycles. The van der Waals surface area contributed by atoms with Gasteiger partial charge in [-0.15, -0.1) is 0 Å². The molecule has 1 aliphatic rings. The summed E-state index contributed by atoms with van der Waals surface area (Å²) in [5.41, 5.74) is 1.98. The third-order valence-electron chi connectivity index (χ3n) is 4.72. The molecule has 2 aromatic rings. The maximum absolute atomic E-state index is 12.6. The Morgan fingerprint density at radius 3 is 2.88 bits per heavy atom. The molecule has 0 radical (unpaired) electrons. The van der Waals surface area contributed by atoms with Crippen molar-refractivity contribution < 1.29 is 9.53 Å². The molecule has 0 saturated heterocycles. The lowest BCUT2D eigenvalue weighted by atomic mass is 9.75. The summed E-state index contributed by atoms with van der Waals surface area (Å²) in [4.78, 5) is 18.3. The van der Waals surface area contributed by atoms with E-state index < -0.39 is 0 Å². The van der Waals surface area contributed by atoms with Gasteiger partial charge in [0.1, 0.15) is 11.8 Å². The van der Waals surface area contributed by atoms with Crippen LogP contribution >= 0.6 is 0 Å². The Morgan fingerprint density at radius 2 is 2.17 bits per heavy atom. The average Bonchev–Trinajstić information content (AvgIpc) is 2.59. The number of methoxy groups -OCH3 is 1.